The van der Waals surface area contributed by atoms with Gasteiger partial charge in [-0.05, 0) is 42.3 Å². The van der Waals surface area contributed by atoms with E-state index in [0.29, 0.717) is 36.7 Å². The predicted molar refractivity (Wildman–Crippen MR) is 109 cm³/mol. The molecule has 0 unspecified atom stereocenters. The van der Waals surface area contributed by atoms with Crippen LogP contribution in [0.5, 0.6) is 5.75 Å². The van der Waals surface area contributed by atoms with Crippen molar-refractivity contribution in [1.29, 1.82) is 0 Å². The number of rotatable bonds is 2. The minimum absolute atomic E-state index is 0.0236. The summed E-state index contributed by atoms with van der Waals surface area (Å²) in [5.41, 5.74) is 6.91. The number of nitrogens with two attached hydrogens (primary N) is 1. The zero-order valence-electron chi connectivity index (χ0n) is 15.3. The van der Waals surface area contributed by atoms with E-state index in [-0.39, 0.29) is 17.6 Å². The molecule has 1 amide bonds. The number of ether oxygens (including phenoxy) is 1. The minimum Gasteiger partial charge on any atom is -0.490 e. The van der Waals surface area contributed by atoms with Gasteiger partial charge in [-0.2, -0.15) is 0 Å². The van der Waals surface area contributed by atoms with Crippen molar-refractivity contribution < 1.29 is 14.6 Å². The molecule has 1 aliphatic heterocycles. The predicted octanol–water partition coefficient (Wildman–Crippen LogP) is 1.76. The molecule has 148 valence electrons. The summed E-state index contributed by atoms with van der Waals surface area (Å²) < 4.78 is 5.73. The van der Waals surface area contributed by atoms with Crippen LogP contribution in [0.3, 0.4) is 0 Å². The summed E-state index contributed by atoms with van der Waals surface area (Å²) >= 11 is 6.06. The Bertz CT molecular complexity index is 859. The van der Waals surface area contributed by atoms with Crippen LogP contribution in [0.15, 0.2) is 48.6 Å². The van der Waals surface area contributed by atoms with E-state index in [1.807, 2.05) is 36.4 Å². The molecule has 0 aliphatic carbocycles. The lowest BCUT2D eigenvalue weighted by atomic mass is 10.0. The monoisotopic (exact) mass is 402 g/mol. The molecule has 2 atom stereocenters. The maximum atomic E-state index is 12.8. The fraction of sp³-hybridized carbons (Fsp3) is 0.300. The molecule has 5 N–H and O–H groups in total. The van der Waals surface area contributed by atoms with E-state index in [4.69, 9.17) is 22.1 Å². The van der Waals surface area contributed by atoms with Gasteiger partial charge in [0.1, 0.15) is 23.3 Å². The molecule has 7 nitrogen and oxygen atoms in total. The number of hydrogen-bond acceptors (Lipinski definition) is 6. The molecule has 0 radical (unpaired) electrons. The minimum atomic E-state index is -0.898. The zero-order chi connectivity index (χ0) is 19.9. The standard InChI is InChI=1S/C20H23ClN4O3/c21-18-10-14-11-19(25-18)23-6-1-2-7-28-15-5-3-4-13(8-15)9-16(17(26)12-22)24-20(14)27/h1-5,8,10-11,16-17,26H,6-7,9,12,22H2,(H,23,25)(H,24,27)/t16-,17+/m0/s1. The molecule has 0 fully saturated rings. The number of nitrogens with one attached hydrogen (secondary N) is 2. The Balaban J connectivity index is 1.93. The SMILES string of the molecule is NC[C@@H](O)[C@@H]1Cc2cccc(c2)OCC=CCNc2cc(cc(Cl)n2)C(=O)N1. The molecule has 1 aromatic carbocycles. The molecule has 8 heteroatoms. The third-order valence-electron chi connectivity index (χ3n) is 4.35. The van der Waals surface area contributed by atoms with Crippen molar-refractivity contribution in [2.75, 3.05) is 25.0 Å². The highest BCUT2D eigenvalue weighted by Crippen LogP contribution is 2.18. The number of pyridine rings is 1. The van der Waals surface area contributed by atoms with Crippen molar-refractivity contribution in [1.82, 2.24) is 10.3 Å². The Kier molecular flexibility index (Phi) is 6.86. The van der Waals surface area contributed by atoms with Gasteiger partial charge < -0.3 is 26.2 Å². The summed E-state index contributed by atoms with van der Waals surface area (Å²) in [7, 11) is 0. The highest BCUT2D eigenvalue weighted by molar-refractivity contribution is 6.29. The molecule has 1 aromatic heterocycles. The van der Waals surface area contributed by atoms with Gasteiger partial charge in [0.25, 0.3) is 5.91 Å². The zero-order valence-corrected chi connectivity index (χ0v) is 16.0. The molecule has 0 spiro atoms. The molecule has 0 saturated carbocycles. The van der Waals surface area contributed by atoms with Crippen LogP contribution in [0, 0.1) is 0 Å². The van der Waals surface area contributed by atoms with Crippen molar-refractivity contribution in [2.24, 2.45) is 5.73 Å². The first-order valence-corrected chi connectivity index (χ1v) is 9.40. The van der Waals surface area contributed by atoms with Crippen LogP contribution < -0.4 is 21.1 Å². The Labute approximate surface area is 168 Å². The lowest BCUT2D eigenvalue weighted by Gasteiger charge is -2.24. The normalized spacial score (nSPS) is 18.5. The Morgan fingerprint density at radius 1 is 1.32 bits per heavy atom. The topological polar surface area (TPSA) is 110 Å². The number of aliphatic hydroxyl groups excluding tert-OH is 1. The number of anilines is 1. The molecule has 2 heterocycles. The summed E-state index contributed by atoms with van der Waals surface area (Å²) in [5.74, 6) is 0.838. The second-order valence-corrected chi connectivity index (χ2v) is 6.85. The number of halogens is 1. The van der Waals surface area contributed by atoms with Crippen molar-refractivity contribution in [2.45, 2.75) is 18.6 Å². The van der Waals surface area contributed by atoms with E-state index in [1.54, 1.807) is 6.07 Å². The third-order valence-corrected chi connectivity index (χ3v) is 4.54. The highest BCUT2D eigenvalue weighted by atomic mass is 35.5. The molecule has 1 aliphatic rings. The van der Waals surface area contributed by atoms with Gasteiger partial charge in [0.15, 0.2) is 0 Å². The summed E-state index contributed by atoms with van der Waals surface area (Å²) in [5, 5.41) is 16.5. The van der Waals surface area contributed by atoms with E-state index in [9.17, 15) is 9.90 Å². The van der Waals surface area contributed by atoms with Crippen LogP contribution in [0.4, 0.5) is 5.82 Å². The van der Waals surface area contributed by atoms with Crippen LogP contribution >= 0.6 is 11.6 Å². The van der Waals surface area contributed by atoms with Gasteiger partial charge in [-0.1, -0.05) is 29.8 Å². The summed E-state index contributed by atoms with van der Waals surface area (Å²) in [6, 6.07) is 10.1. The number of nitrogens with zero attached hydrogens (tertiary/aromatic N) is 1. The smallest absolute Gasteiger partial charge is 0.251 e. The number of benzene rings is 1. The molecule has 28 heavy (non-hydrogen) atoms. The van der Waals surface area contributed by atoms with Gasteiger partial charge in [-0.3, -0.25) is 4.79 Å². The Morgan fingerprint density at radius 2 is 2.18 bits per heavy atom. The van der Waals surface area contributed by atoms with Crippen molar-refractivity contribution in [3.63, 3.8) is 0 Å². The fourth-order valence-corrected chi connectivity index (χ4v) is 3.10. The maximum absolute atomic E-state index is 12.8. The van der Waals surface area contributed by atoms with Crippen molar-refractivity contribution in [3.05, 3.63) is 64.8 Å². The van der Waals surface area contributed by atoms with Gasteiger partial charge in [0.05, 0.1) is 12.1 Å². The Morgan fingerprint density at radius 3 is 3.00 bits per heavy atom. The van der Waals surface area contributed by atoms with E-state index in [0.717, 1.165) is 5.56 Å². The first-order valence-electron chi connectivity index (χ1n) is 9.02. The van der Waals surface area contributed by atoms with Crippen LogP contribution in [0.25, 0.3) is 0 Å². The number of carbonyl (C=O) groups excluding carboxylic acids is 1. The average molecular weight is 403 g/mol. The summed E-state index contributed by atoms with van der Waals surface area (Å²) in [6.07, 6.45) is 3.31. The van der Waals surface area contributed by atoms with E-state index in [2.05, 4.69) is 15.6 Å². The van der Waals surface area contributed by atoms with Gasteiger partial charge >= 0.3 is 0 Å². The molecule has 3 rings (SSSR count). The number of fused-ring (bicyclic) bond motifs is 4. The van der Waals surface area contributed by atoms with Gasteiger partial charge in [0.2, 0.25) is 0 Å². The van der Waals surface area contributed by atoms with Crippen LogP contribution in [0.2, 0.25) is 5.15 Å². The van der Waals surface area contributed by atoms with E-state index in [1.165, 1.54) is 6.07 Å². The average Bonchev–Trinajstić information content (AvgIpc) is 2.68. The summed E-state index contributed by atoms with van der Waals surface area (Å²) in [6.45, 7) is 0.951. The molecular formula is C20H23ClN4O3. The van der Waals surface area contributed by atoms with Gasteiger partial charge in [0, 0.05) is 18.7 Å². The van der Waals surface area contributed by atoms with Crippen molar-refractivity contribution in [3.8, 4) is 5.75 Å². The van der Waals surface area contributed by atoms with E-state index < -0.39 is 12.1 Å². The van der Waals surface area contributed by atoms with Crippen molar-refractivity contribution >= 4 is 23.3 Å². The number of carbonyl (C=O) groups is 1. The van der Waals surface area contributed by atoms with Gasteiger partial charge in [-0.15, -0.1) is 0 Å². The van der Waals surface area contributed by atoms with Gasteiger partial charge in [-0.25, -0.2) is 4.98 Å². The largest absolute Gasteiger partial charge is 0.490 e. The van der Waals surface area contributed by atoms with Crippen LogP contribution in [-0.2, 0) is 6.42 Å². The lowest BCUT2D eigenvalue weighted by molar-refractivity contribution is 0.0845. The first kappa shape index (κ1) is 20.1. The van der Waals surface area contributed by atoms with E-state index >= 15 is 0 Å². The fourth-order valence-electron chi connectivity index (χ4n) is 2.89. The third kappa shape index (κ3) is 5.45. The highest BCUT2D eigenvalue weighted by Gasteiger charge is 2.22. The summed E-state index contributed by atoms with van der Waals surface area (Å²) in [4.78, 5) is 16.9. The Hall–Kier alpha value is -2.61. The van der Waals surface area contributed by atoms with Crippen LogP contribution in [-0.4, -0.2) is 47.8 Å². The molecule has 0 saturated heterocycles. The van der Waals surface area contributed by atoms with Crippen LogP contribution in [0.1, 0.15) is 15.9 Å². The quantitative estimate of drug-likeness (QED) is 0.450. The number of aliphatic hydroxyl groups is 1. The molecule has 4 bridgehead atoms. The number of amides is 1. The number of aromatic nitrogens is 1. The first-order chi connectivity index (χ1) is 13.5. The molecular weight excluding hydrogens is 380 g/mol. The second kappa shape index (κ2) is 9.54. The molecule has 2 aromatic rings. The maximum Gasteiger partial charge on any atom is 0.251 e. The number of hydrogen-bond donors (Lipinski definition) is 4. The second-order valence-electron chi connectivity index (χ2n) is 6.46. The lowest BCUT2D eigenvalue weighted by Crippen LogP contribution is -2.47.